The van der Waals surface area contributed by atoms with Crippen molar-refractivity contribution < 1.29 is 4.42 Å². The lowest BCUT2D eigenvalue weighted by molar-refractivity contribution is 0.134. The van der Waals surface area contributed by atoms with E-state index in [0.717, 1.165) is 44.1 Å². The molecule has 20 heavy (non-hydrogen) atoms. The van der Waals surface area contributed by atoms with Crippen LogP contribution in [0.25, 0.3) is 0 Å². The summed E-state index contributed by atoms with van der Waals surface area (Å²) in [6, 6.07) is 2.18. The highest BCUT2D eigenvalue weighted by Crippen LogP contribution is 2.21. The van der Waals surface area contributed by atoms with Gasteiger partial charge >= 0.3 is 0 Å². The molecule has 1 heterocycles. The number of furan rings is 1. The maximum Gasteiger partial charge on any atom is 0.118 e. The molecule has 0 aromatic carbocycles. The van der Waals surface area contributed by atoms with Crippen LogP contribution in [0.1, 0.15) is 51.2 Å². The summed E-state index contributed by atoms with van der Waals surface area (Å²) in [4.78, 5) is 2.36. The molecule has 0 bridgehead atoms. The summed E-state index contributed by atoms with van der Waals surface area (Å²) in [6.45, 7) is 18.3. The molecule has 1 N–H and O–H groups in total. The largest absolute Gasteiger partial charge is 0.465 e. The van der Waals surface area contributed by atoms with Crippen molar-refractivity contribution in [3.63, 3.8) is 0 Å². The first kappa shape index (κ1) is 17.0. The Morgan fingerprint density at radius 2 is 2.10 bits per heavy atom. The lowest BCUT2D eigenvalue weighted by Gasteiger charge is -2.34. The van der Waals surface area contributed by atoms with Gasteiger partial charge in [0.05, 0.1) is 6.54 Å². The lowest BCUT2D eigenvalue weighted by Crippen LogP contribution is -2.40. The summed E-state index contributed by atoms with van der Waals surface area (Å²) >= 11 is 0. The molecule has 0 fully saturated rings. The Morgan fingerprint density at radius 3 is 2.65 bits per heavy atom. The fourth-order valence-electron chi connectivity index (χ4n) is 2.16. The van der Waals surface area contributed by atoms with Gasteiger partial charge < -0.3 is 9.73 Å². The van der Waals surface area contributed by atoms with Crippen LogP contribution in [0.15, 0.2) is 23.1 Å². The molecule has 114 valence electrons. The molecule has 0 saturated carbocycles. The highest BCUT2D eigenvalue weighted by Gasteiger charge is 2.21. The fraction of sp³-hybridized carbons (Fsp3) is 0.647. The van der Waals surface area contributed by atoms with Crippen molar-refractivity contribution in [2.75, 3.05) is 13.1 Å². The van der Waals surface area contributed by atoms with Gasteiger partial charge in [-0.15, -0.1) is 6.58 Å². The topological polar surface area (TPSA) is 28.4 Å². The smallest absolute Gasteiger partial charge is 0.118 e. The SMILES string of the molecule is C=CCN(Cc1cc(CNCCC)c(C)o1)C(C)(C)C. The van der Waals surface area contributed by atoms with Crippen LogP contribution in [0.3, 0.4) is 0 Å². The summed E-state index contributed by atoms with van der Waals surface area (Å²) in [7, 11) is 0. The third-order valence-electron chi connectivity index (χ3n) is 3.46. The molecule has 0 radical (unpaired) electrons. The Bertz CT molecular complexity index is 415. The first-order valence-electron chi connectivity index (χ1n) is 7.53. The van der Waals surface area contributed by atoms with Gasteiger partial charge in [-0.2, -0.15) is 0 Å². The van der Waals surface area contributed by atoms with E-state index in [9.17, 15) is 0 Å². The second kappa shape index (κ2) is 7.65. The molecular weight excluding hydrogens is 248 g/mol. The predicted octanol–water partition coefficient (Wildman–Crippen LogP) is 3.87. The highest BCUT2D eigenvalue weighted by molar-refractivity contribution is 5.20. The van der Waals surface area contributed by atoms with E-state index in [1.54, 1.807) is 0 Å². The zero-order valence-electron chi connectivity index (χ0n) is 13.8. The fourth-order valence-corrected chi connectivity index (χ4v) is 2.16. The molecule has 0 amide bonds. The Morgan fingerprint density at radius 1 is 1.40 bits per heavy atom. The Hall–Kier alpha value is -1.06. The Labute approximate surface area is 124 Å². The van der Waals surface area contributed by atoms with E-state index >= 15 is 0 Å². The average molecular weight is 278 g/mol. The third-order valence-corrected chi connectivity index (χ3v) is 3.46. The highest BCUT2D eigenvalue weighted by atomic mass is 16.3. The van der Waals surface area contributed by atoms with Crippen LogP contribution < -0.4 is 5.32 Å². The molecule has 1 aromatic rings. The molecule has 0 aliphatic carbocycles. The van der Waals surface area contributed by atoms with Crippen molar-refractivity contribution in [2.24, 2.45) is 0 Å². The number of nitrogens with zero attached hydrogens (tertiary/aromatic N) is 1. The van der Waals surface area contributed by atoms with Crippen LogP contribution in [0.4, 0.5) is 0 Å². The van der Waals surface area contributed by atoms with E-state index in [1.807, 2.05) is 13.0 Å². The van der Waals surface area contributed by atoms with Crippen molar-refractivity contribution in [2.45, 2.75) is 59.7 Å². The second-order valence-corrected chi connectivity index (χ2v) is 6.31. The predicted molar refractivity (Wildman–Crippen MR) is 85.8 cm³/mol. The van der Waals surface area contributed by atoms with Gasteiger partial charge in [-0.1, -0.05) is 13.0 Å². The van der Waals surface area contributed by atoms with Crippen molar-refractivity contribution >= 4 is 0 Å². The monoisotopic (exact) mass is 278 g/mol. The molecule has 0 saturated heterocycles. The van der Waals surface area contributed by atoms with Crippen LogP contribution in [0.5, 0.6) is 0 Å². The maximum absolute atomic E-state index is 5.90. The van der Waals surface area contributed by atoms with E-state index in [4.69, 9.17) is 4.42 Å². The van der Waals surface area contributed by atoms with Crippen LogP contribution in [0, 0.1) is 6.92 Å². The number of hydrogen-bond donors (Lipinski definition) is 1. The van der Waals surface area contributed by atoms with Gasteiger partial charge in [0.25, 0.3) is 0 Å². The van der Waals surface area contributed by atoms with Crippen molar-refractivity contribution in [1.29, 1.82) is 0 Å². The van der Waals surface area contributed by atoms with E-state index in [0.29, 0.717) is 0 Å². The van der Waals surface area contributed by atoms with Gasteiger partial charge in [-0.25, -0.2) is 0 Å². The molecular formula is C17H30N2O. The van der Waals surface area contributed by atoms with E-state index in [-0.39, 0.29) is 5.54 Å². The maximum atomic E-state index is 5.90. The Balaban J connectivity index is 2.71. The minimum absolute atomic E-state index is 0.107. The van der Waals surface area contributed by atoms with E-state index < -0.39 is 0 Å². The molecule has 1 aromatic heterocycles. The number of rotatable bonds is 8. The van der Waals surface area contributed by atoms with Crippen molar-refractivity contribution in [3.8, 4) is 0 Å². The van der Waals surface area contributed by atoms with Gasteiger partial charge in [0, 0.05) is 24.2 Å². The van der Waals surface area contributed by atoms with Crippen molar-refractivity contribution in [3.05, 3.63) is 35.8 Å². The summed E-state index contributed by atoms with van der Waals surface area (Å²) in [5.74, 6) is 2.06. The summed E-state index contributed by atoms with van der Waals surface area (Å²) in [5.41, 5.74) is 1.37. The number of nitrogens with one attached hydrogen (secondary N) is 1. The standard InChI is InChI=1S/C17H30N2O/c1-7-9-18-12-15-11-16(20-14(15)3)13-19(10-8-2)17(4,5)6/h8,11,18H,2,7,9-10,12-13H2,1,3-6H3. The average Bonchev–Trinajstić information content (AvgIpc) is 2.69. The number of aryl methyl sites for hydroxylation is 1. The van der Waals surface area contributed by atoms with Gasteiger partial charge in [0.1, 0.15) is 11.5 Å². The third kappa shape index (κ3) is 5.14. The summed E-state index contributed by atoms with van der Waals surface area (Å²) < 4.78 is 5.90. The van der Waals surface area contributed by atoms with Gasteiger partial charge in [0.15, 0.2) is 0 Å². The molecule has 0 atom stereocenters. The molecule has 3 heteroatoms. The minimum atomic E-state index is 0.107. The summed E-state index contributed by atoms with van der Waals surface area (Å²) in [5, 5.41) is 3.42. The number of hydrogen-bond acceptors (Lipinski definition) is 3. The zero-order valence-corrected chi connectivity index (χ0v) is 13.8. The molecule has 0 spiro atoms. The zero-order chi connectivity index (χ0) is 15.2. The lowest BCUT2D eigenvalue weighted by atomic mass is 10.1. The molecule has 1 rings (SSSR count). The van der Waals surface area contributed by atoms with Crippen molar-refractivity contribution in [1.82, 2.24) is 10.2 Å². The van der Waals surface area contributed by atoms with Crippen LogP contribution in [-0.4, -0.2) is 23.5 Å². The minimum Gasteiger partial charge on any atom is -0.465 e. The first-order chi connectivity index (χ1) is 9.38. The van der Waals surface area contributed by atoms with Gasteiger partial charge in [0.2, 0.25) is 0 Å². The van der Waals surface area contributed by atoms with E-state index in [2.05, 4.69) is 50.6 Å². The normalized spacial score (nSPS) is 12.1. The van der Waals surface area contributed by atoms with Gasteiger partial charge in [-0.05, 0) is 46.7 Å². The van der Waals surface area contributed by atoms with Gasteiger partial charge in [-0.3, -0.25) is 4.90 Å². The Kier molecular flexibility index (Phi) is 6.50. The second-order valence-electron chi connectivity index (χ2n) is 6.31. The molecule has 3 nitrogen and oxygen atoms in total. The quantitative estimate of drug-likeness (QED) is 0.578. The summed E-state index contributed by atoms with van der Waals surface area (Å²) in [6.07, 6.45) is 3.10. The molecule has 0 aliphatic rings. The first-order valence-corrected chi connectivity index (χ1v) is 7.53. The molecule has 0 unspecified atom stereocenters. The van der Waals surface area contributed by atoms with E-state index in [1.165, 1.54) is 5.56 Å². The van der Waals surface area contributed by atoms with Crippen LogP contribution >= 0.6 is 0 Å². The van der Waals surface area contributed by atoms with Crippen LogP contribution in [0.2, 0.25) is 0 Å². The van der Waals surface area contributed by atoms with Crippen LogP contribution in [-0.2, 0) is 13.1 Å². The molecule has 0 aliphatic heterocycles.